The van der Waals surface area contributed by atoms with E-state index in [9.17, 15) is 14.0 Å². The van der Waals surface area contributed by atoms with Gasteiger partial charge in [-0.25, -0.2) is 9.18 Å². The van der Waals surface area contributed by atoms with Crippen molar-refractivity contribution >= 4 is 41.3 Å². The molecule has 176 valence electrons. The third kappa shape index (κ3) is 3.59. The molecule has 1 saturated heterocycles. The molecule has 6 rings (SSSR count). The predicted octanol–water partition coefficient (Wildman–Crippen LogP) is 4.46. The molecule has 1 fully saturated rings. The number of hydrogen-bond acceptors (Lipinski definition) is 3. The zero-order valence-corrected chi connectivity index (χ0v) is 19.9. The molecule has 0 atom stereocenters. The first-order chi connectivity index (χ1) is 16.8. The molecule has 35 heavy (non-hydrogen) atoms. The van der Waals surface area contributed by atoms with Crippen LogP contribution in [0.4, 0.5) is 4.39 Å². The molecule has 2 aliphatic rings. The summed E-state index contributed by atoms with van der Waals surface area (Å²) in [5.41, 5.74) is 2.82. The van der Waals surface area contributed by atoms with E-state index >= 15 is 0 Å². The molecule has 4 aromatic rings. The summed E-state index contributed by atoms with van der Waals surface area (Å²) in [5.74, 6) is 1.02. The second-order valence-electron chi connectivity index (χ2n) is 9.31. The number of benzene rings is 2. The molecule has 0 aliphatic carbocycles. The average molecular weight is 490 g/mol. The molecule has 0 bridgehead atoms. The third-order valence-electron chi connectivity index (χ3n) is 7.30. The number of fused-ring (bicyclic) bond motifs is 3. The number of esters is 1. The van der Waals surface area contributed by atoms with E-state index in [0.29, 0.717) is 48.6 Å². The molecule has 6 nitrogen and oxygen atoms in total. The molecule has 0 unspecified atom stereocenters. The second kappa shape index (κ2) is 8.09. The van der Waals surface area contributed by atoms with Crippen LogP contribution in [0, 0.1) is 5.82 Å². The zero-order valence-electron chi connectivity index (χ0n) is 19.1. The van der Waals surface area contributed by atoms with Crippen molar-refractivity contribution in [1.29, 1.82) is 0 Å². The Morgan fingerprint density at radius 1 is 1.20 bits per heavy atom. The number of nitrogens with zero attached hydrogens (tertiary/aromatic N) is 3. The van der Waals surface area contributed by atoms with E-state index in [4.69, 9.17) is 16.3 Å². The molecule has 4 heterocycles. The van der Waals surface area contributed by atoms with E-state index in [-0.39, 0.29) is 11.5 Å². The normalized spacial score (nSPS) is 16.5. The number of rotatable bonds is 3. The van der Waals surface area contributed by atoms with Gasteiger partial charge < -0.3 is 0 Å². The number of carbonyl (C=O) groups is 2. The van der Waals surface area contributed by atoms with Crippen molar-refractivity contribution in [2.24, 2.45) is 7.05 Å². The van der Waals surface area contributed by atoms with Crippen molar-refractivity contribution in [3.8, 4) is 0 Å². The number of carbonyl (C=O) groups excluding carboxylic acids is 2. The van der Waals surface area contributed by atoms with Crippen molar-refractivity contribution in [2.45, 2.75) is 25.0 Å². The van der Waals surface area contributed by atoms with Gasteiger partial charge >= 0.3 is 168 Å². The molecule has 0 N–H and O–H groups in total. The minimum absolute atomic E-state index is 0.0681. The van der Waals surface area contributed by atoms with Gasteiger partial charge in [-0.1, -0.05) is 6.07 Å². The van der Waals surface area contributed by atoms with E-state index in [2.05, 4.69) is 15.1 Å². The van der Waals surface area contributed by atoms with E-state index in [1.54, 1.807) is 17.0 Å². The first-order valence-corrected chi connectivity index (χ1v) is 11.9. The van der Waals surface area contributed by atoms with Crippen molar-refractivity contribution in [3.05, 3.63) is 87.9 Å². The molecular weight excluding hydrogens is 468 g/mol. The van der Waals surface area contributed by atoms with Gasteiger partial charge in [0.05, 0.1) is 5.56 Å². The fourth-order valence-electron chi connectivity index (χ4n) is 5.38. The third-order valence-corrected chi connectivity index (χ3v) is 7.53. The number of likely N-dealkylation sites (tertiary alicyclic amines) is 1. The molecule has 0 saturated carbocycles. The van der Waals surface area contributed by atoms with Gasteiger partial charge in [-0.2, -0.15) is 0 Å². The fourth-order valence-corrected chi connectivity index (χ4v) is 5.55. The van der Waals surface area contributed by atoms with Crippen LogP contribution < -0.4 is 0 Å². The van der Waals surface area contributed by atoms with Crippen LogP contribution in [0.1, 0.15) is 44.8 Å². The van der Waals surface area contributed by atoms with Crippen molar-refractivity contribution in [3.63, 3.8) is 0 Å². The van der Waals surface area contributed by atoms with Gasteiger partial charge in [0.25, 0.3) is 0 Å². The van der Waals surface area contributed by atoms with Crippen LogP contribution in [0.3, 0.4) is 0 Å². The summed E-state index contributed by atoms with van der Waals surface area (Å²) in [4.78, 5) is 27.8. The summed E-state index contributed by atoms with van der Waals surface area (Å²) in [6, 6.07) is 9.79. The topological polar surface area (TPSA) is 56.5 Å². The number of aryl methyl sites for hydroxylation is 1. The van der Waals surface area contributed by atoms with Crippen LogP contribution in [0.15, 0.2) is 54.6 Å². The Morgan fingerprint density at radius 2 is 2.00 bits per heavy atom. The molecule has 0 radical (unpaired) electrons. The van der Waals surface area contributed by atoms with E-state index in [0.717, 1.165) is 16.6 Å². The summed E-state index contributed by atoms with van der Waals surface area (Å²) >= 11 is 6.29. The van der Waals surface area contributed by atoms with Gasteiger partial charge in [-0.3, -0.25) is 0 Å². The Bertz CT molecular complexity index is 1500. The van der Waals surface area contributed by atoms with E-state index < -0.39 is 17.4 Å². The maximum absolute atomic E-state index is 13.7. The van der Waals surface area contributed by atoms with Crippen LogP contribution in [0.5, 0.6) is 0 Å². The molecule has 9 heteroatoms. The van der Waals surface area contributed by atoms with Gasteiger partial charge in [-0.15, -0.1) is 0 Å². The molecule has 2 aliphatic heterocycles. The Kier molecular flexibility index (Phi) is 5.11. The Balaban J connectivity index is 1.28. The Hall–Kier alpha value is -3.39. The fraction of sp³-hybridized carbons (Fsp3) is 0.269. The van der Waals surface area contributed by atoms with Gasteiger partial charge in [0.1, 0.15) is 5.82 Å². The van der Waals surface area contributed by atoms with Crippen LogP contribution in [0.2, 0.25) is 5.02 Å². The van der Waals surface area contributed by atoms with Crippen LogP contribution in [-0.4, -0.2) is 45.9 Å². The molecule has 1 spiro atoms. The first-order valence-electron chi connectivity index (χ1n) is 11.6. The Labute approximate surface area is 207 Å². The molecule has 1 amide bonds. The summed E-state index contributed by atoms with van der Waals surface area (Å²) in [7, 11) is 1.99. The predicted molar refractivity (Wildman–Crippen MR) is 131 cm³/mol. The van der Waals surface area contributed by atoms with Crippen molar-refractivity contribution in [1.82, 2.24) is 14.0 Å². The Morgan fingerprint density at radius 3 is 2.74 bits per heavy atom. The van der Waals surface area contributed by atoms with Crippen LogP contribution >= 0.6 is 11.6 Å². The number of hydrogen-bond donors (Lipinski definition) is 0. The number of ether oxygens (including phenoxy) is 1. The average Bonchev–Trinajstić information content (AvgIpc) is 3.49. The second-order valence-corrected chi connectivity index (χ2v) is 9.74. The SMILES string of the molecule is Cn1cbcc1Cn1cc(C(=O)N2CCC3(CC2)OC(=O)c2cc(F)ccc23)c2ccc(Cl)cc21. The summed E-state index contributed by atoms with van der Waals surface area (Å²) in [6.07, 6.45) is 4.83. The number of amides is 1. The van der Waals surface area contributed by atoms with Gasteiger partial charge in [0, 0.05) is 0 Å². The number of halogens is 2. The summed E-state index contributed by atoms with van der Waals surface area (Å²) in [6.45, 7) is 3.47. The van der Waals surface area contributed by atoms with Gasteiger partial charge in [0.15, 0.2) is 0 Å². The van der Waals surface area contributed by atoms with Gasteiger partial charge in [0.2, 0.25) is 0 Å². The maximum atomic E-state index is 13.7. The zero-order chi connectivity index (χ0) is 24.3. The van der Waals surface area contributed by atoms with Crippen molar-refractivity contribution < 1.29 is 18.7 Å². The standard InChI is InChI=1S/C26H22BClFN3O3/c1-30-15-27-12-18(30)13-32-14-21(19-4-2-16(28)10-23(19)32)24(33)31-8-6-26(7-9-31)22-5-3-17(29)11-20(22)25(34)35-26/h2-5,10-12,14-15H,6-9,13H2,1H3. The van der Waals surface area contributed by atoms with Crippen LogP contribution in [0.25, 0.3) is 10.9 Å². The number of aromatic nitrogens is 2. The van der Waals surface area contributed by atoms with Gasteiger partial charge in [-0.05, 0) is 12.1 Å². The quantitative estimate of drug-likeness (QED) is 0.399. The monoisotopic (exact) mass is 489 g/mol. The number of piperidine rings is 1. The molecular formula is C26H22BClFN3O3. The van der Waals surface area contributed by atoms with E-state index in [1.165, 1.54) is 12.1 Å². The molecule has 2 aromatic heterocycles. The van der Waals surface area contributed by atoms with Crippen LogP contribution in [-0.2, 0) is 23.9 Å². The summed E-state index contributed by atoms with van der Waals surface area (Å²) in [5, 5.41) is 1.46. The van der Waals surface area contributed by atoms with Crippen molar-refractivity contribution in [2.75, 3.05) is 13.1 Å². The summed E-state index contributed by atoms with van der Waals surface area (Å²) < 4.78 is 23.5. The first kappa shape index (κ1) is 22.1. The minimum atomic E-state index is -0.801. The molecule has 2 aromatic carbocycles. The van der Waals surface area contributed by atoms with E-state index in [1.807, 2.05) is 38.4 Å².